The van der Waals surface area contributed by atoms with Gasteiger partial charge in [-0.25, -0.2) is 0 Å². The van der Waals surface area contributed by atoms with Crippen LogP contribution in [-0.2, 0) is 0 Å². The van der Waals surface area contributed by atoms with Crippen molar-refractivity contribution in [2.45, 2.75) is 6.92 Å². The summed E-state index contributed by atoms with van der Waals surface area (Å²) >= 11 is 0. The minimum Gasteiger partial charge on any atom is -0.493 e. The first-order valence-electron chi connectivity index (χ1n) is 4.80. The second kappa shape index (κ2) is 5.75. The molecule has 0 bridgehead atoms. The smallest absolute Gasteiger partial charge is 0.235 e. The minimum absolute atomic E-state index is 0.472. The zero-order valence-corrected chi connectivity index (χ0v) is 9.17. The summed E-state index contributed by atoms with van der Waals surface area (Å²) < 4.78 is 10.5. The normalized spacial score (nSPS) is 10.4. The summed E-state index contributed by atoms with van der Waals surface area (Å²) in [6.07, 6.45) is 2.25. The molecule has 0 heterocycles. The number of benzene rings is 1. The molecule has 0 radical (unpaired) electrons. The van der Waals surface area contributed by atoms with Crippen molar-refractivity contribution in [3.8, 4) is 11.5 Å². The molecule has 16 heavy (non-hydrogen) atoms. The average Bonchev–Trinajstić information content (AvgIpc) is 2.27. The van der Waals surface area contributed by atoms with Crippen molar-refractivity contribution in [3.63, 3.8) is 0 Å². The van der Waals surface area contributed by atoms with Gasteiger partial charge in [-0.3, -0.25) is 10.1 Å². The Morgan fingerprint density at radius 1 is 1.50 bits per heavy atom. The zero-order valence-electron chi connectivity index (χ0n) is 9.17. The Labute approximate surface area is 93.4 Å². The van der Waals surface area contributed by atoms with Crippen molar-refractivity contribution in [1.82, 2.24) is 0 Å². The summed E-state index contributed by atoms with van der Waals surface area (Å²) in [6, 6.07) is 5.23. The van der Waals surface area contributed by atoms with Crippen molar-refractivity contribution >= 4 is 6.08 Å². The molecule has 0 amide bonds. The molecule has 0 N–H and O–H groups in total. The fraction of sp³-hybridized carbons (Fsp3) is 0.273. The molecule has 1 rings (SSSR count). The predicted octanol–water partition coefficient (Wildman–Crippen LogP) is 2.34. The molecule has 0 aliphatic heterocycles. The van der Waals surface area contributed by atoms with Crippen LogP contribution < -0.4 is 9.47 Å². The van der Waals surface area contributed by atoms with Gasteiger partial charge in [-0.1, -0.05) is 12.1 Å². The van der Waals surface area contributed by atoms with Crippen LogP contribution in [0.15, 0.2) is 24.4 Å². The molecule has 0 aromatic heterocycles. The highest BCUT2D eigenvalue weighted by Gasteiger charge is 2.08. The Bertz CT molecular complexity index is 401. The third-order valence-electron chi connectivity index (χ3n) is 1.89. The van der Waals surface area contributed by atoms with E-state index in [2.05, 4.69) is 0 Å². The lowest BCUT2D eigenvalue weighted by atomic mass is 10.2. The van der Waals surface area contributed by atoms with Crippen molar-refractivity contribution < 1.29 is 14.4 Å². The molecule has 1 aromatic rings. The van der Waals surface area contributed by atoms with E-state index < -0.39 is 4.92 Å². The van der Waals surface area contributed by atoms with E-state index in [0.717, 1.165) is 6.20 Å². The second-order valence-corrected chi connectivity index (χ2v) is 2.91. The number of hydrogen-bond acceptors (Lipinski definition) is 4. The molecule has 5 nitrogen and oxygen atoms in total. The standard InChI is InChI=1S/C11H13NO4/c1-3-16-11-9(7-8-12(13)14)5-4-6-10(11)15-2/h4-8H,3H2,1-2H3/b8-7+. The molecule has 0 spiro atoms. The first-order chi connectivity index (χ1) is 7.69. The quantitative estimate of drug-likeness (QED) is 0.567. The fourth-order valence-electron chi connectivity index (χ4n) is 1.26. The van der Waals surface area contributed by atoms with E-state index in [4.69, 9.17) is 9.47 Å². The highest BCUT2D eigenvalue weighted by atomic mass is 16.6. The second-order valence-electron chi connectivity index (χ2n) is 2.91. The van der Waals surface area contributed by atoms with E-state index in [1.165, 1.54) is 13.2 Å². The fourth-order valence-corrected chi connectivity index (χ4v) is 1.26. The van der Waals surface area contributed by atoms with Crippen LogP contribution in [0.5, 0.6) is 11.5 Å². The van der Waals surface area contributed by atoms with Crippen LogP contribution in [0.25, 0.3) is 6.08 Å². The zero-order chi connectivity index (χ0) is 12.0. The Morgan fingerprint density at radius 2 is 2.25 bits per heavy atom. The molecule has 5 heteroatoms. The molecule has 1 aromatic carbocycles. The lowest BCUT2D eigenvalue weighted by molar-refractivity contribution is -0.400. The first kappa shape index (κ1) is 12.0. The Balaban J connectivity index is 3.10. The number of nitro groups is 1. The first-order valence-corrected chi connectivity index (χ1v) is 4.80. The van der Waals surface area contributed by atoms with Gasteiger partial charge in [-0.15, -0.1) is 0 Å². The van der Waals surface area contributed by atoms with Crippen LogP contribution in [-0.4, -0.2) is 18.6 Å². The SMILES string of the molecule is CCOc1c(/C=C/[N+](=O)[O-])cccc1OC. The number of methoxy groups -OCH3 is 1. The van der Waals surface area contributed by atoms with Crippen molar-refractivity contribution in [2.24, 2.45) is 0 Å². The van der Waals surface area contributed by atoms with Crippen LogP contribution in [0.3, 0.4) is 0 Å². The van der Waals surface area contributed by atoms with Crippen LogP contribution in [0.1, 0.15) is 12.5 Å². The van der Waals surface area contributed by atoms with Gasteiger partial charge < -0.3 is 9.47 Å². The van der Waals surface area contributed by atoms with Gasteiger partial charge in [0.15, 0.2) is 11.5 Å². The molecular weight excluding hydrogens is 210 g/mol. The van der Waals surface area contributed by atoms with Crippen molar-refractivity contribution in [1.29, 1.82) is 0 Å². The number of ether oxygens (including phenoxy) is 2. The predicted molar refractivity (Wildman–Crippen MR) is 60.2 cm³/mol. The maximum Gasteiger partial charge on any atom is 0.235 e. The molecule has 0 aliphatic carbocycles. The van der Waals surface area contributed by atoms with E-state index in [9.17, 15) is 10.1 Å². The van der Waals surface area contributed by atoms with Crippen molar-refractivity contribution in [3.05, 3.63) is 40.1 Å². The molecule has 0 atom stereocenters. The van der Waals surface area contributed by atoms with Crippen molar-refractivity contribution in [2.75, 3.05) is 13.7 Å². The molecule has 0 saturated carbocycles. The van der Waals surface area contributed by atoms with Gasteiger partial charge in [-0.05, 0) is 13.0 Å². The maximum atomic E-state index is 10.2. The number of rotatable bonds is 5. The summed E-state index contributed by atoms with van der Waals surface area (Å²) in [7, 11) is 1.53. The van der Waals surface area contributed by atoms with Gasteiger partial charge in [0.2, 0.25) is 6.20 Å². The van der Waals surface area contributed by atoms with Gasteiger partial charge in [0.05, 0.1) is 18.6 Å². The minimum atomic E-state index is -0.519. The Morgan fingerprint density at radius 3 is 2.81 bits per heavy atom. The van der Waals surface area contributed by atoms with Gasteiger partial charge in [0, 0.05) is 11.6 Å². The van der Waals surface area contributed by atoms with Crippen LogP contribution in [0, 0.1) is 10.1 Å². The van der Waals surface area contributed by atoms with Gasteiger partial charge >= 0.3 is 0 Å². The van der Waals surface area contributed by atoms with E-state index in [-0.39, 0.29) is 0 Å². The van der Waals surface area contributed by atoms with Gasteiger partial charge in [0.1, 0.15) is 0 Å². The highest BCUT2D eigenvalue weighted by molar-refractivity contribution is 5.61. The Kier molecular flexibility index (Phi) is 4.32. The molecule has 0 fully saturated rings. The number of para-hydroxylation sites is 1. The van der Waals surface area contributed by atoms with Crippen LogP contribution in [0.4, 0.5) is 0 Å². The molecular formula is C11H13NO4. The highest BCUT2D eigenvalue weighted by Crippen LogP contribution is 2.31. The summed E-state index contributed by atoms with van der Waals surface area (Å²) in [5.74, 6) is 1.08. The Hall–Kier alpha value is -2.04. The average molecular weight is 223 g/mol. The number of hydrogen-bond donors (Lipinski definition) is 0. The number of nitrogens with zero attached hydrogens (tertiary/aromatic N) is 1. The van der Waals surface area contributed by atoms with Crippen LogP contribution >= 0.6 is 0 Å². The maximum absolute atomic E-state index is 10.2. The summed E-state index contributed by atoms with van der Waals surface area (Å²) in [5.41, 5.74) is 0.623. The third kappa shape index (κ3) is 2.98. The topological polar surface area (TPSA) is 61.6 Å². The summed E-state index contributed by atoms with van der Waals surface area (Å²) in [6.45, 7) is 2.31. The lowest BCUT2D eigenvalue weighted by Crippen LogP contribution is -1.97. The molecule has 0 unspecified atom stereocenters. The molecule has 0 saturated heterocycles. The summed E-state index contributed by atoms with van der Waals surface area (Å²) in [4.78, 5) is 9.72. The van der Waals surface area contributed by atoms with E-state index >= 15 is 0 Å². The van der Waals surface area contributed by atoms with Crippen LogP contribution in [0.2, 0.25) is 0 Å². The summed E-state index contributed by atoms with van der Waals surface area (Å²) in [5, 5.41) is 10.2. The van der Waals surface area contributed by atoms with E-state index in [1.54, 1.807) is 18.2 Å². The molecule has 0 aliphatic rings. The van der Waals surface area contributed by atoms with Gasteiger partial charge in [-0.2, -0.15) is 0 Å². The molecule has 86 valence electrons. The monoisotopic (exact) mass is 223 g/mol. The van der Waals surface area contributed by atoms with E-state index in [0.29, 0.717) is 23.7 Å². The lowest BCUT2D eigenvalue weighted by Gasteiger charge is -2.11. The van der Waals surface area contributed by atoms with E-state index in [1.807, 2.05) is 6.92 Å². The largest absolute Gasteiger partial charge is 0.493 e. The van der Waals surface area contributed by atoms with Gasteiger partial charge in [0.25, 0.3) is 0 Å². The third-order valence-corrected chi connectivity index (χ3v) is 1.89.